The van der Waals surface area contributed by atoms with Gasteiger partial charge in [-0.2, -0.15) is 0 Å². The van der Waals surface area contributed by atoms with Crippen molar-refractivity contribution in [3.63, 3.8) is 0 Å². The van der Waals surface area contributed by atoms with Crippen molar-refractivity contribution in [3.8, 4) is 0 Å². The number of rotatable bonds is 56. The highest BCUT2D eigenvalue weighted by atomic mass is 16.8. The second-order valence-corrected chi connectivity index (χ2v) is 29.4. The molecule has 5 saturated heterocycles. The molecule has 5 aliphatic heterocycles. The summed E-state index contributed by atoms with van der Waals surface area (Å²) in [7, 11) is 0. The smallest absolute Gasteiger partial charge is 0.335 e. The van der Waals surface area contributed by atoms with E-state index in [1.165, 1.54) is 57.8 Å². The number of Topliss-reactive ketones (excluding diaryl/α,β-unsaturated/α-hetero) is 1. The Bertz CT molecular complexity index is 2520. The first-order valence-electron chi connectivity index (χ1n) is 39.5. The predicted octanol–water partition coefficient (Wildman–Crippen LogP) is -1.67. The molecule has 0 saturated carbocycles. The number of carboxylic acid groups (broad SMARTS) is 2. The van der Waals surface area contributed by atoms with E-state index in [9.17, 15) is 116 Å². The number of carboxylic acids is 2. The van der Waals surface area contributed by atoms with Crippen LogP contribution in [0.3, 0.4) is 0 Å². The van der Waals surface area contributed by atoms with Crippen LogP contribution in [0, 0.1) is 0 Å². The Hall–Kier alpha value is -3.53. The van der Waals surface area contributed by atoms with E-state index in [-0.39, 0.29) is 69.8 Å². The molecule has 20 N–H and O–H groups in total. The molecule has 25 unspecified atom stereocenters. The SMILES string of the molecule is CCCCCCCCCCCCCC[C@@H](O)[C@@H](O)[C@H](COC1OC(COCCCCCCCC(=O)CCCCC(=O)NCCOC2OC(CO)C(OC3OC(C(=O)O)C(O)C(OC4OC(CO)C(OC5OC(C(=O)O)C(O)C(O)C5O)C(O)C4O)C3O)C(O)C2O)C(O)C(O)C1O)NC(=O)CCCCCCCCC. The van der Waals surface area contributed by atoms with Gasteiger partial charge < -0.3 is 155 Å². The van der Waals surface area contributed by atoms with Gasteiger partial charge in [0.1, 0.15) is 122 Å². The molecule has 36 heteroatoms. The maximum atomic E-state index is 13.2. The summed E-state index contributed by atoms with van der Waals surface area (Å²) in [6.07, 6.45) is -24.8. The minimum absolute atomic E-state index is 0.0392. The number of amides is 2. The van der Waals surface area contributed by atoms with Crippen LogP contribution < -0.4 is 10.6 Å². The van der Waals surface area contributed by atoms with Crippen molar-refractivity contribution < 1.29 is 168 Å². The lowest BCUT2D eigenvalue weighted by Gasteiger charge is -2.48. The van der Waals surface area contributed by atoms with Gasteiger partial charge >= 0.3 is 11.9 Å². The molecule has 5 fully saturated rings. The maximum Gasteiger partial charge on any atom is 0.335 e. The monoisotopic (exact) mass is 1580 g/mol. The third-order valence-corrected chi connectivity index (χ3v) is 20.6. The third-order valence-electron chi connectivity index (χ3n) is 20.6. The summed E-state index contributed by atoms with van der Waals surface area (Å²) in [4.78, 5) is 62.4. The van der Waals surface area contributed by atoms with Crippen LogP contribution in [0.4, 0.5) is 0 Å². The van der Waals surface area contributed by atoms with Crippen LogP contribution in [-0.2, 0) is 76.1 Å². The molecule has 5 aliphatic rings. The number of aliphatic hydroxyl groups excluding tert-OH is 16. The summed E-state index contributed by atoms with van der Waals surface area (Å²) >= 11 is 0. The van der Waals surface area contributed by atoms with E-state index in [4.69, 9.17) is 52.1 Å². The van der Waals surface area contributed by atoms with Crippen LogP contribution in [0.5, 0.6) is 0 Å². The van der Waals surface area contributed by atoms with E-state index in [0.29, 0.717) is 51.4 Å². The lowest BCUT2D eigenvalue weighted by atomic mass is 9.95. The molecule has 0 radical (unpaired) electrons. The van der Waals surface area contributed by atoms with Crippen molar-refractivity contribution >= 4 is 29.5 Å². The number of hydrogen-bond donors (Lipinski definition) is 20. The lowest BCUT2D eigenvalue weighted by Crippen LogP contribution is -2.68. The van der Waals surface area contributed by atoms with E-state index in [2.05, 4.69) is 24.5 Å². The third kappa shape index (κ3) is 31.5. The fourth-order valence-corrected chi connectivity index (χ4v) is 13.8. The van der Waals surface area contributed by atoms with Gasteiger partial charge in [0.25, 0.3) is 0 Å². The van der Waals surface area contributed by atoms with Crippen LogP contribution in [-0.4, -0.2) is 339 Å². The van der Waals surface area contributed by atoms with Crippen molar-refractivity contribution in [2.45, 2.75) is 385 Å². The number of aliphatic carboxylic acids is 2. The largest absolute Gasteiger partial charge is 0.479 e. The fourth-order valence-electron chi connectivity index (χ4n) is 13.8. The first-order chi connectivity index (χ1) is 52.2. The van der Waals surface area contributed by atoms with Gasteiger partial charge in [0.2, 0.25) is 11.8 Å². The van der Waals surface area contributed by atoms with Crippen molar-refractivity contribution in [2.24, 2.45) is 0 Å². The first-order valence-corrected chi connectivity index (χ1v) is 39.5. The summed E-state index contributed by atoms with van der Waals surface area (Å²) in [5.41, 5.74) is 0. The average Bonchev–Trinajstić information content (AvgIpc) is 0.771. The molecule has 0 spiro atoms. The Labute approximate surface area is 636 Å². The van der Waals surface area contributed by atoms with Gasteiger partial charge in [0.05, 0.1) is 45.2 Å². The Balaban J connectivity index is 0.947. The second kappa shape index (κ2) is 52.1. The zero-order valence-electron chi connectivity index (χ0n) is 63.1. The molecule has 0 aromatic rings. The minimum atomic E-state index is -2.32. The van der Waals surface area contributed by atoms with E-state index in [1.807, 2.05) is 0 Å². The molecule has 109 heavy (non-hydrogen) atoms. The molecule has 0 bridgehead atoms. The highest BCUT2D eigenvalue weighted by Crippen LogP contribution is 2.36. The maximum absolute atomic E-state index is 13.2. The number of carbonyl (C=O) groups is 5. The van der Waals surface area contributed by atoms with E-state index >= 15 is 0 Å². The number of carbonyl (C=O) groups excluding carboxylic acids is 3. The van der Waals surface area contributed by atoms with Crippen molar-refractivity contribution in [3.05, 3.63) is 0 Å². The number of unbranched alkanes of at least 4 members (excludes halogenated alkanes) is 22. The zero-order chi connectivity index (χ0) is 80.1. The normalized spacial score (nSPS) is 33.8. The molecule has 0 aromatic carbocycles. The first kappa shape index (κ1) is 96.1. The molecule has 636 valence electrons. The average molecular weight is 1580 g/mol. The summed E-state index contributed by atoms with van der Waals surface area (Å²) in [5.74, 6) is -4.30. The molecular weight excluding hydrogens is 1450 g/mol. The summed E-state index contributed by atoms with van der Waals surface area (Å²) in [6, 6.07) is -1.06. The fraction of sp³-hybridized carbons (Fsp3) is 0.932. The molecule has 36 nitrogen and oxygen atoms in total. The van der Waals surface area contributed by atoms with Crippen LogP contribution >= 0.6 is 0 Å². The number of aliphatic hydroxyl groups is 16. The molecule has 5 rings (SSSR count). The van der Waals surface area contributed by atoms with Gasteiger partial charge in [-0.15, -0.1) is 0 Å². The standard InChI is InChI=1S/C73H130N2O34/c1-3-5-7-9-11-12-13-14-15-17-20-24-31-43(79)49(82)42(75-48(81)33-25-21-16-10-8-6-4-2)39-101-70-56(89)51(84)50(83)46(104-70)40-99-35-28-22-18-19-23-29-41(78)30-26-27-32-47(80)74-34-36-100-69-58(91)54(87)62(44(37-76)102-69)106-73-61(94)64(60(93)66(109-73)68(97)98)107-71-59(92)55(88)63(45(38-77)103-71)105-72-57(90)52(85)53(86)65(108-72)67(95)96/h42-46,49-66,69-73,76-77,79,82-94H,3-40H2,1-2H3,(H,74,80)(H,75,81)(H,95,96)(H,97,98)/t42-,43+,44?,45?,46?,49-,50?,51?,52?,53?,54?,55?,56?,57?,58?,59?,60?,61?,62?,63?,64?,65?,66?,69?,70?,71?,72?,73?/m0/s1. The molecule has 0 aromatic heterocycles. The molecule has 2 amide bonds. The van der Waals surface area contributed by atoms with E-state index < -0.39 is 197 Å². The number of ketones is 1. The highest BCUT2D eigenvalue weighted by Gasteiger charge is 2.57. The van der Waals surface area contributed by atoms with E-state index in [1.54, 1.807) is 0 Å². The van der Waals surface area contributed by atoms with Crippen LogP contribution in [0.1, 0.15) is 213 Å². The number of ether oxygens (including phenoxy) is 11. The summed E-state index contributed by atoms with van der Waals surface area (Å²) in [5, 5.41) is 198. The quantitative estimate of drug-likeness (QED) is 0.0303. The number of hydrogen-bond acceptors (Lipinski definition) is 32. The van der Waals surface area contributed by atoms with Gasteiger partial charge in [0, 0.05) is 38.8 Å². The predicted molar refractivity (Wildman–Crippen MR) is 379 cm³/mol. The molecular formula is C73H130N2O34. The van der Waals surface area contributed by atoms with Crippen LogP contribution in [0.15, 0.2) is 0 Å². The number of nitrogens with one attached hydrogen (secondary N) is 2. The lowest BCUT2D eigenvalue weighted by molar-refractivity contribution is -0.385. The van der Waals surface area contributed by atoms with E-state index in [0.717, 1.165) is 70.6 Å². The zero-order valence-corrected chi connectivity index (χ0v) is 63.1. The highest BCUT2D eigenvalue weighted by molar-refractivity contribution is 5.79. The molecule has 5 heterocycles. The molecule has 28 atom stereocenters. The van der Waals surface area contributed by atoms with Gasteiger partial charge in [-0.3, -0.25) is 14.4 Å². The Kier molecular flexibility index (Phi) is 45.9. The summed E-state index contributed by atoms with van der Waals surface area (Å²) in [6.45, 7) is 1.71. The van der Waals surface area contributed by atoms with Gasteiger partial charge in [0.15, 0.2) is 43.7 Å². The summed E-state index contributed by atoms with van der Waals surface area (Å²) < 4.78 is 61.4. The van der Waals surface area contributed by atoms with Gasteiger partial charge in [-0.05, 0) is 38.5 Å². The Morgan fingerprint density at radius 1 is 0.385 bits per heavy atom. The Morgan fingerprint density at radius 2 is 0.789 bits per heavy atom. The minimum Gasteiger partial charge on any atom is -0.479 e. The van der Waals surface area contributed by atoms with Crippen molar-refractivity contribution in [1.29, 1.82) is 0 Å². The van der Waals surface area contributed by atoms with Crippen molar-refractivity contribution in [1.82, 2.24) is 10.6 Å². The molecule has 0 aliphatic carbocycles. The second-order valence-electron chi connectivity index (χ2n) is 29.4. The van der Waals surface area contributed by atoms with Crippen molar-refractivity contribution in [2.75, 3.05) is 46.2 Å². The van der Waals surface area contributed by atoms with Gasteiger partial charge in [-0.25, -0.2) is 9.59 Å². The van der Waals surface area contributed by atoms with Crippen LogP contribution in [0.2, 0.25) is 0 Å². The van der Waals surface area contributed by atoms with Gasteiger partial charge in [-0.1, -0.05) is 149 Å². The topological polar surface area (TPSA) is 575 Å². The Morgan fingerprint density at radius 3 is 1.34 bits per heavy atom. The van der Waals surface area contributed by atoms with Crippen LogP contribution in [0.25, 0.3) is 0 Å².